The van der Waals surface area contributed by atoms with Crippen molar-refractivity contribution in [2.24, 2.45) is 5.92 Å². The maximum Gasteiger partial charge on any atom is 0.133 e. The lowest BCUT2D eigenvalue weighted by Gasteiger charge is -2.30. The molecular weight excluding hydrogens is 314 g/mol. The van der Waals surface area contributed by atoms with E-state index in [4.69, 9.17) is 4.74 Å². The predicted molar refractivity (Wildman–Crippen MR) is 88.2 cm³/mol. The van der Waals surface area contributed by atoms with Crippen LogP contribution in [0.5, 0.6) is 5.75 Å². The number of methoxy groups -OCH3 is 1. The molecule has 0 aliphatic heterocycles. The van der Waals surface area contributed by atoms with Gasteiger partial charge >= 0.3 is 0 Å². The van der Waals surface area contributed by atoms with Crippen LogP contribution >= 0.6 is 15.9 Å². The van der Waals surface area contributed by atoms with E-state index in [1.807, 2.05) is 0 Å². The first-order valence-corrected chi connectivity index (χ1v) is 8.46. The van der Waals surface area contributed by atoms with E-state index >= 15 is 0 Å². The third kappa shape index (κ3) is 4.23. The standard InChI is InChI=1S/C17H26BrNO/c1-13(2)11-19(15-6-4-5-7-15)12-14-8-9-17(20-3)16(18)10-14/h8-10,13,15H,4-7,11-12H2,1-3H3. The summed E-state index contributed by atoms with van der Waals surface area (Å²) in [6.07, 6.45) is 5.52. The third-order valence-electron chi connectivity index (χ3n) is 4.04. The van der Waals surface area contributed by atoms with E-state index in [2.05, 4.69) is 52.9 Å². The molecule has 1 aliphatic rings. The number of benzene rings is 1. The SMILES string of the molecule is COc1ccc(CN(CC(C)C)C2CCCC2)cc1Br. The second-order valence-corrected chi connectivity index (χ2v) is 7.08. The minimum atomic E-state index is 0.720. The summed E-state index contributed by atoms with van der Waals surface area (Å²) in [5.74, 6) is 1.63. The highest BCUT2D eigenvalue weighted by Gasteiger charge is 2.23. The van der Waals surface area contributed by atoms with Crippen LogP contribution in [0.3, 0.4) is 0 Å². The monoisotopic (exact) mass is 339 g/mol. The number of hydrogen-bond acceptors (Lipinski definition) is 2. The van der Waals surface area contributed by atoms with Crippen LogP contribution in [0.15, 0.2) is 22.7 Å². The van der Waals surface area contributed by atoms with Gasteiger partial charge in [0.15, 0.2) is 0 Å². The van der Waals surface area contributed by atoms with Crippen LogP contribution in [-0.4, -0.2) is 24.6 Å². The van der Waals surface area contributed by atoms with Gasteiger partial charge in [-0.25, -0.2) is 0 Å². The summed E-state index contributed by atoms with van der Waals surface area (Å²) in [6, 6.07) is 7.22. The molecule has 20 heavy (non-hydrogen) atoms. The molecular formula is C17H26BrNO. The Kier molecular flexibility index (Phi) is 5.91. The zero-order chi connectivity index (χ0) is 14.5. The Hall–Kier alpha value is -0.540. The molecule has 0 radical (unpaired) electrons. The van der Waals surface area contributed by atoms with E-state index in [1.54, 1.807) is 7.11 Å². The van der Waals surface area contributed by atoms with Crippen molar-refractivity contribution < 1.29 is 4.74 Å². The molecule has 0 saturated heterocycles. The predicted octanol–water partition coefficient (Wildman–Crippen LogP) is 4.86. The number of rotatable bonds is 6. The van der Waals surface area contributed by atoms with Crippen molar-refractivity contribution in [3.05, 3.63) is 28.2 Å². The lowest BCUT2D eigenvalue weighted by atomic mass is 10.1. The van der Waals surface area contributed by atoms with E-state index < -0.39 is 0 Å². The summed E-state index contributed by atoms with van der Waals surface area (Å²) in [5.41, 5.74) is 1.37. The van der Waals surface area contributed by atoms with Gasteiger partial charge in [-0.1, -0.05) is 32.8 Å². The van der Waals surface area contributed by atoms with Crippen LogP contribution in [0.2, 0.25) is 0 Å². The van der Waals surface area contributed by atoms with Crippen molar-refractivity contribution >= 4 is 15.9 Å². The van der Waals surface area contributed by atoms with Crippen LogP contribution in [0, 0.1) is 5.92 Å². The molecule has 0 bridgehead atoms. The molecule has 0 spiro atoms. The second kappa shape index (κ2) is 7.46. The Labute approximate surface area is 131 Å². The van der Waals surface area contributed by atoms with Gasteiger partial charge in [-0.15, -0.1) is 0 Å². The normalized spacial score (nSPS) is 16.3. The Morgan fingerprint density at radius 3 is 2.55 bits per heavy atom. The molecule has 1 aromatic rings. The van der Waals surface area contributed by atoms with Crippen LogP contribution in [0.25, 0.3) is 0 Å². The van der Waals surface area contributed by atoms with E-state index in [1.165, 1.54) is 37.8 Å². The maximum atomic E-state index is 5.31. The van der Waals surface area contributed by atoms with Crippen molar-refractivity contribution in [1.82, 2.24) is 4.90 Å². The smallest absolute Gasteiger partial charge is 0.133 e. The number of hydrogen-bond donors (Lipinski definition) is 0. The molecule has 0 heterocycles. The van der Waals surface area contributed by atoms with E-state index in [0.29, 0.717) is 0 Å². The van der Waals surface area contributed by atoms with Crippen molar-refractivity contribution in [2.45, 2.75) is 52.1 Å². The molecule has 112 valence electrons. The second-order valence-electron chi connectivity index (χ2n) is 6.23. The molecule has 0 atom stereocenters. The molecule has 1 aliphatic carbocycles. The Balaban J connectivity index is 2.08. The molecule has 1 aromatic carbocycles. The van der Waals surface area contributed by atoms with Crippen LogP contribution in [-0.2, 0) is 6.54 Å². The van der Waals surface area contributed by atoms with Crippen LogP contribution < -0.4 is 4.74 Å². The molecule has 0 N–H and O–H groups in total. The summed E-state index contributed by atoms with van der Waals surface area (Å²) < 4.78 is 6.36. The van der Waals surface area contributed by atoms with E-state index in [9.17, 15) is 0 Å². The van der Waals surface area contributed by atoms with Gasteiger partial charge in [0.25, 0.3) is 0 Å². The summed E-state index contributed by atoms with van der Waals surface area (Å²) >= 11 is 3.59. The van der Waals surface area contributed by atoms with Gasteiger partial charge in [-0.3, -0.25) is 4.90 Å². The van der Waals surface area contributed by atoms with Crippen molar-refractivity contribution in [3.63, 3.8) is 0 Å². The fourth-order valence-corrected chi connectivity index (χ4v) is 3.71. The average Bonchev–Trinajstić information content (AvgIpc) is 2.91. The van der Waals surface area contributed by atoms with Crippen molar-refractivity contribution in [2.75, 3.05) is 13.7 Å². The summed E-state index contributed by atoms with van der Waals surface area (Å²) in [4.78, 5) is 2.67. The van der Waals surface area contributed by atoms with Gasteiger partial charge in [0, 0.05) is 19.1 Å². The minimum absolute atomic E-state index is 0.720. The minimum Gasteiger partial charge on any atom is -0.496 e. The highest BCUT2D eigenvalue weighted by Crippen LogP contribution is 2.29. The number of halogens is 1. The van der Waals surface area contributed by atoms with Gasteiger partial charge in [-0.05, 0) is 52.4 Å². The highest BCUT2D eigenvalue weighted by molar-refractivity contribution is 9.10. The molecule has 0 unspecified atom stereocenters. The Bertz CT molecular complexity index is 427. The molecule has 2 rings (SSSR count). The molecule has 0 amide bonds. The van der Waals surface area contributed by atoms with Crippen LogP contribution in [0.4, 0.5) is 0 Å². The first-order chi connectivity index (χ1) is 9.60. The average molecular weight is 340 g/mol. The van der Waals surface area contributed by atoms with Crippen LogP contribution in [0.1, 0.15) is 45.1 Å². The largest absolute Gasteiger partial charge is 0.496 e. The third-order valence-corrected chi connectivity index (χ3v) is 4.66. The molecule has 3 heteroatoms. The zero-order valence-corrected chi connectivity index (χ0v) is 14.4. The number of ether oxygens (including phenoxy) is 1. The number of nitrogens with zero attached hydrogens (tertiary/aromatic N) is 1. The van der Waals surface area contributed by atoms with E-state index in [0.717, 1.165) is 28.7 Å². The molecule has 1 saturated carbocycles. The lowest BCUT2D eigenvalue weighted by molar-refractivity contribution is 0.168. The van der Waals surface area contributed by atoms with Crippen molar-refractivity contribution in [3.8, 4) is 5.75 Å². The topological polar surface area (TPSA) is 12.5 Å². The van der Waals surface area contributed by atoms with Gasteiger partial charge in [-0.2, -0.15) is 0 Å². The Morgan fingerprint density at radius 1 is 1.30 bits per heavy atom. The van der Waals surface area contributed by atoms with E-state index in [-0.39, 0.29) is 0 Å². The Morgan fingerprint density at radius 2 is 2.00 bits per heavy atom. The molecule has 1 fully saturated rings. The first-order valence-electron chi connectivity index (χ1n) is 7.66. The summed E-state index contributed by atoms with van der Waals surface area (Å²) in [5, 5.41) is 0. The van der Waals surface area contributed by atoms with Gasteiger partial charge in [0.05, 0.1) is 11.6 Å². The fraction of sp³-hybridized carbons (Fsp3) is 0.647. The summed E-state index contributed by atoms with van der Waals surface area (Å²) in [7, 11) is 1.71. The molecule has 0 aromatic heterocycles. The van der Waals surface area contributed by atoms with Gasteiger partial charge < -0.3 is 4.74 Å². The fourth-order valence-electron chi connectivity index (χ4n) is 3.12. The van der Waals surface area contributed by atoms with Crippen molar-refractivity contribution in [1.29, 1.82) is 0 Å². The molecule has 2 nitrogen and oxygen atoms in total. The van der Waals surface area contributed by atoms with Gasteiger partial charge in [0.2, 0.25) is 0 Å². The summed E-state index contributed by atoms with van der Waals surface area (Å²) in [6.45, 7) is 6.86. The quantitative estimate of drug-likeness (QED) is 0.733. The zero-order valence-electron chi connectivity index (χ0n) is 12.9. The maximum absolute atomic E-state index is 5.31. The van der Waals surface area contributed by atoms with Gasteiger partial charge in [0.1, 0.15) is 5.75 Å². The lowest BCUT2D eigenvalue weighted by Crippen LogP contribution is -2.35. The highest BCUT2D eigenvalue weighted by atomic mass is 79.9. The first kappa shape index (κ1) is 15.8.